The van der Waals surface area contributed by atoms with Gasteiger partial charge in [0.1, 0.15) is 23.1 Å². The van der Waals surface area contributed by atoms with E-state index >= 15 is 8.78 Å². The van der Waals surface area contributed by atoms with E-state index < -0.39 is 17.7 Å². The SMILES string of the molecule is Cc1cccc(OCC(C)C)c1-n1nc2c(c1-c1cc(F)c(NC(N)=O)cc1F)CN(c1nccn3ccnc13)CC2. The third kappa shape index (κ3) is 4.89. The quantitative estimate of drug-likeness (QED) is 0.275. The number of carbonyl (C=O) groups excluding carboxylic acids is 1. The molecule has 2 amide bonds. The number of imidazole rings is 1. The monoisotopic (exact) mass is 572 g/mol. The number of benzene rings is 2. The number of nitrogens with two attached hydrogens (primary N) is 1. The minimum absolute atomic E-state index is 0.0110. The van der Waals surface area contributed by atoms with Gasteiger partial charge in [-0.3, -0.25) is 0 Å². The average Bonchev–Trinajstić information content (AvgIpc) is 3.58. The van der Waals surface area contributed by atoms with Crippen LogP contribution in [0.25, 0.3) is 22.6 Å². The molecule has 0 saturated heterocycles. The summed E-state index contributed by atoms with van der Waals surface area (Å²) in [7, 11) is 0. The summed E-state index contributed by atoms with van der Waals surface area (Å²) in [5.74, 6) is -0.0427. The van der Waals surface area contributed by atoms with E-state index in [0.717, 1.165) is 29.0 Å². The van der Waals surface area contributed by atoms with Crippen LogP contribution in [-0.4, -0.2) is 43.3 Å². The van der Waals surface area contributed by atoms with Crippen molar-refractivity contribution < 1.29 is 18.3 Å². The van der Waals surface area contributed by atoms with Crippen molar-refractivity contribution in [3.8, 4) is 22.7 Å². The second kappa shape index (κ2) is 10.8. The molecule has 0 spiro atoms. The Balaban J connectivity index is 1.55. The van der Waals surface area contributed by atoms with Gasteiger partial charge in [0.25, 0.3) is 0 Å². The predicted octanol–water partition coefficient (Wildman–Crippen LogP) is 5.26. The van der Waals surface area contributed by atoms with Gasteiger partial charge < -0.3 is 25.1 Å². The standard InChI is InChI=1S/C30H30F2N8O2/c1-17(2)16-42-25-6-4-5-18(3)26(25)40-27(19-13-22(32)24(14-21(19)31)36-30(33)41)20-15-39(10-7-23(20)37-40)29-28-34-8-11-38(28)12-9-35-29/h4-6,8-9,11-14,17H,7,10,15-16H2,1-3H3,(H3,33,36,41). The van der Waals surface area contributed by atoms with Gasteiger partial charge in [0.05, 0.1) is 23.7 Å². The second-order valence-corrected chi connectivity index (χ2v) is 10.7. The highest BCUT2D eigenvalue weighted by Gasteiger charge is 2.31. The molecule has 0 saturated carbocycles. The summed E-state index contributed by atoms with van der Waals surface area (Å²) in [6.07, 6.45) is 7.61. The van der Waals surface area contributed by atoms with Crippen LogP contribution in [0.2, 0.25) is 0 Å². The first-order valence-electron chi connectivity index (χ1n) is 13.6. The molecule has 2 aromatic carbocycles. The number of amides is 2. The van der Waals surface area contributed by atoms with Gasteiger partial charge in [0.2, 0.25) is 0 Å². The highest BCUT2D eigenvalue weighted by molar-refractivity contribution is 5.88. The molecule has 4 heterocycles. The number of ether oxygens (including phenoxy) is 1. The van der Waals surface area contributed by atoms with Gasteiger partial charge in [0, 0.05) is 61.5 Å². The zero-order valence-corrected chi connectivity index (χ0v) is 23.4. The lowest BCUT2D eigenvalue weighted by atomic mass is 9.99. The summed E-state index contributed by atoms with van der Waals surface area (Å²) in [6.45, 7) is 7.43. The summed E-state index contributed by atoms with van der Waals surface area (Å²) in [6, 6.07) is 6.66. The number of hydrogen-bond acceptors (Lipinski definition) is 6. The molecule has 12 heteroatoms. The normalized spacial score (nSPS) is 13.0. The first-order valence-corrected chi connectivity index (χ1v) is 13.6. The Labute approximate surface area is 240 Å². The molecule has 0 fully saturated rings. The molecule has 10 nitrogen and oxygen atoms in total. The number of nitrogens with zero attached hydrogens (tertiary/aromatic N) is 6. The maximum Gasteiger partial charge on any atom is 0.316 e. The first kappa shape index (κ1) is 27.2. The number of urea groups is 1. The van der Waals surface area contributed by atoms with Crippen LogP contribution in [0.1, 0.15) is 30.7 Å². The Morgan fingerprint density at radius 1 is 1.14 bits per heavy atom. The summed E-state index contributed by atoms with van der Waals surface area (Å²) < 4.78 is 40.9. The first-order chi connectivity index (χ1) is 20.2. The highest BCUT2D eigenvalue weighted by Crippen LogP contribution is 2.39. The number of anilines is 2. The van der Waals surface area contributed by atoms with E-state index in [1.807, 2.05) is 41.9 Å². The Morgan fingerprint density at radius 2 is 1.93 bits per heavy atom. The lowest BCUT2D eigenvalue weighted by Crippen LogP contribution is -2.31. The Morgan fingerprint density at radius 3 is 2.69 bits per heavy atom. The number of aryl methyl sites for hydroxylation is 1. The van der Waals surface area contributed by atoms with Gasteiger partial charge >= 0.3 is 6.03 Å². The zero-order valence-electron chi connectivity index (χ0n) is 23.4. The number of primary amides is 1. The maximum absolute atomic E-state index is 15.9. The smallest absolute Gasteiger partial charge is 0.316 e. The fourth-order valence-corrected chi connectivity index (χ4v) is 5.29. The molecule has 3 aromatic heterocycles. The van der Waals surface area contributed by atoms with Crippen molar-refractivity contribution in [3.05, 3.63) is 83.6 Å². The minimum Gasteiger partial charge on any atom is -0.491 e. The van der Waals surface area contributed by atoms with Crippen LogP contribution < -0.4 is 20.7 Å². The summed E-state index contributed by atoms with van der Waals surface area (Å²) in [4.78, 5) is 22.5. The number of hydrogen-bond donors (Lipinski definition) is 2. The topological polar surface area (TPSA) is 116 Å². The molecule has 6 rings (SSSR count). The van der Waals surface area contributed by atoms with Crippen LogP contribution in [0, 0.1) is 24.5 Å². The van der Waals surface area contributed by atoms with Crippen LogP contribution in [0.3, 0.4) is 0 Å². The van der Waals surface area contributed by atoms with E-state index in [1.165, 1.54) is 0 Å². The van der Waals surface area contributed by atoms with E-state index in [2.05, 4.69) is 34.0 Å². The fourth-order valence-electron chi connectivity index (χ4n) is 5.29. The van der Waals surface area contributed by atoms with E-state index in [1.54, 1.807) is 17.1 Å². The molecule has 0 aliphatic carbocycles. The van der Waals surface area contributed by atoms with E-state index in [9.17, 15) is 4.79 Å². The second-order valence-electron chi connectivity index (χ2n) is 10.7. The number of carbonyl (C=O) groups is 1. The number of para-hydroxylation sites is 1. The Kier molecular flexibility index (Phi) is 6.97. The highest BCUT2D eigenvalue weighted by atomic mass is 19.1. The van der Waals surface area contributed by atoms with Crippen molar-refractivity contribution in [2.75, 3.05) is 23.4 Å². The minimum atomic E-state index is -0.994. The van der Waals surface area contributed by atoms with Gasteiger partial charge in [-0.15, -0.1) is 0 Å². The number of halogens is 2. The van der Waals surface area contributed by atoms with Gasteiger partial charge in [-0.1, -0.05) is 26.0 Å². The largest absolute Gasteiger partial charge is 0.491 e. The van der Waals surface area contributed by atoms with Crippen LogP contribution in [-0.2, 0) is 13.0 Å². The summed E-state index contributed by atoms with van der Waals surface area (Å²) in [5.41, 5.74) is 8.86. The molecule has 42 heavy (non-hydrogen) atoms. The third-order valence-corrected chi connectivity index (χ3v) is 7.18. The average molecular weight is 573 g/mol. The molecule has 0 radical (unpaired) electrons. The molecular weight excluding hydrogens is 542 g/mol. The molecule has 0 unspecified atom stereocenters. The van der Waals surface area contributed by atoms with Crippen molar-refractivity contribution in [2.45, 2.75) is 33.7 Å². The van der Waals surface area contributed by atoms with Gasteiger partial charge in [-0.05, 0) is 30.5 Å². The molecule has 1 aliphatic rings. The third-order valence-electron chi connectivity index (χ3n) is 7.18. The van der Waals surface area contributed by atoms with E-state index in [-0.39, 0.29) is 17.2 Å². The molecule has 0 bridgehead atoms. The predicted molar refractivity (Wildman–Crippen MR) is 155 cm³/mol. The van der Waals surface area contributed by atoms with Crippen LogP contribution >= 0.6 is 0 Å². The lowest BCUT2D eigenvalue weighted by molar-refractivity contribution is 0.259. The molecule has 0 atom stereocenters. The summed E-state index contributed by atoms with van der Waals surface area (Å²) in [5, 5.41) is 7.10. The van der Waals surface area contributed by atoms with Gasteiger partial charge in [0.15, 0.2) is 11.5 Å². The van der Waals surface area contributed by atoms with Gasteiger partial charge in [-0.25, -0.2) is 28.2 Å². The molecule has 216 valence electrons. The summed E-state index contributed by atoms with van der Waals surface area (Å²) >= 11 is 0. The Bertz CT molecular complexity index is 1810. The van der Waals surface area contributed by atoms with Crippen LogP contribution in [0.4, 0.5) is 25.1 Å². The number of aromatic nitrogens is 5. The van der Waals surface area contributed by atoms with Crippen molar-refractivity contribution in [1.82, 2.24) is 24.1 Å². The van der Waals surface area contributed by atoms with Crippen molar-refractivity contribution in [3.63, 3.8) is 0 Å². The van der Waals surface area contributed by atoms with Crippen LogP contribution in [0.15, 0.2) is 55.1 Å². The Hall–Kier alpha value is -5.00. The number of rotatable bonds is 7. The molecule has 3 N–H and O–H groups in total. The van der Waals surface area contributed by atoms with Crippen molar-refractivity contribution in [1.29, 1.82) is 0 Å². The molecule has 5 aromatic rings. The van der Waals surface area contributed by atoms with Crippen molar-refractivity contribution in [2.24, 2.45) is 11.7 Å². The number of fused-ring (bicyclic) bond motifs is 2. The van der Waals surface area contributed by atoms with Gasteiger partial charge in [-0.2, -0.15) is 5.10 Å². The lowest BCUT2D eigenvalue weighted by Gasteiger charge is -2.28. The molecule has 1 aliphatic heterocycles. The van der Waals surface area contributed by atoms with E-state index in [4.69, 9.17) is 15.6 Å². The van der Waals surface area contributed by atoms with Crippen molar-refractivity contribution >= 4 is 23.2 Å². The molecular formula is C30H30F2N8O2. The van der Waals surface area contributed by atoms with E-state index in [0.29, 0.717) is 54.7 Å². The zero-order chi connectivity index (χ0) is 29.5. The maximum atomic E-state index is 15.9. The number of nitrogens with one attached hydrogen (secondary N) is 1. The fraction of sp³-hybridized carbons (Fsp3) is 0.267. The van der Waals surface area contributed by atoms with Crippen LogP contribution in [0.5, 0.6) is 5.75 Å².